The lowest BCUT2D eigenvalue weighted by molar-refractivity contribution is -0.145. The second-order valence-electron chi connectivity index (χ2n) is 5.65. The minimum absolute atomic E-state index is 0.0296. The second kappa shape index (κ2) is 9.60. The summed E-state index contributed by atoms with van der Waals surface area (Å²) in [6.07, 6.45) is 0. The van der Waals surface area contributed by atoms with E-state index in [0.29, 0.717) is 12.4 Å². The Bertz CT molecular complexity index is 677. The molecular formula is C20H26O4. The number of ether oxygens (including phenoxy) is 2. The van der Waals surface area contributed by atoms with Gasteiger partial charge in [-0.15, -0.1) is 0 Å². The molecular weight excluding hydrogens is 304 g/mol. The number of aryl methyl sites for hydroxylation is 4. The Kier molecular flexibility index (Phi) is 7.83. The van der Waals surface area contributed by atoms with E-state index in [4.69, 9.17) is 14.6 Å². The first-order valence-electron chi connectivity index (χ1n) is 7.95. The van der Waals surface area contributed by atoms with E-state index in [1.165, 1.54) is 0 Å². The Morgan fingerprint density at radius 1 is 0.958 bits per heavy atom. The first-order valence-corrected chi connectivity index (χ1v) is 7.95. The van der Waals surface area contributed by atoms with Crippen LogP contribution in [-0.4, -0.2) is 24.3 Å². The lowest BCUT2D eigenvalue weighted by Crippen LogP contribution is -2.14. The lowest BCUT2D eigenvalue weighted by Gasteiger charge is -2.09. The molecule has 0 aromatic heterocycles. The highest BCUT2D eigenvalue weighted by Crippen LogP contribution is 2.19. The fourth-order valence-corrected chi connectivity index (χ4v) is 1.92. The van der Waals surface area contributed by atoms with Crippen molar-refractivity contribution in [2.24, 2.45) is 0 Å². The van der Waals surface area contributed by atoms with Crippen molar-refractivity contribution in [3.05, 3.63) is 58.7 Å². The summed E-state index contributed by atoms with van der Waals surface area (Å²) in [4.78, 5) is 11.1. The summed E-state index contributed by atoms with van der Waals surface area (Å²) in [6, 6.07) is 11.5. The van der Waals surface area contributed by atoms with Crippen molar-refractivity contribution in [3.8, 4) is 11.5 Å². The van der Waals surface area contributed by atoms with Gasteiger partial charge in [-0.2, -0.15) is 0 Å². The van der Waals surface area contributed by atoms with Gasteiger partial charge < -0.3 is 14.6 Å². The number of benzene rings is 2. The van der Waals surface area contributed by atoms with Crippen LogP contribution in [0, 0.1) is 27.7 Å². The molecule has 2 aromatic carbocycles. The number of carbonyl (C=O) groups excluding carboxylic acids is 1. The van der Waals surface area contributed by atoms with Gasteiger partial charge >= 0.3 is 5.97 Å². The molecule has 130 valence electrons. The molecule has 0 fully saturated rings. The van der Waals surface area contributed by atoms with Crippen LogP contribution >= 0.6 is 0 Å². The highest BCUT2D eigenvalue weighted by molar-refractivity contribution is 5.71. The van der Waals surface area contributed by atoms with Gasteiger partial charge in [-0.25, -0.2) is 4.79 Å². The van der Waals surface area contributed by atoms with Gasteiger partial charge in [-0.1, -0.05) is 24.3 Å². The van der Waals surface area contributed by atoms with Crippen molar-refractivity contribution in [2.75, 3.05) is 13.2 Å². The first kappa shape index (κ1) is 19.6. The zero-order chi connectivity index (χ0) is 18.1. The van der Waals surface area contributed by atoms with E-state index in [0.717, 1.165) is 28.0 Å². The summed E-state index contributed by atoms with van der Waals surface area (Å²) < 4.78 is 10.1. The summed E-state index contributed by atoms with van der Waals surface area (Å²) in [5.41, 5.74) is 4.16. The van der Waals surface area contributed by atoms with Gasteiger partial charge in [0.15, 0.2) is 6.61 Å². The monoisotopic (exact) mass is 330 g/mol. The number of hydrogen-bond donors (Lipinski definition) is 1. The maximum Gasteiger partial charge on any atom is 0.344 e. The van der Waals surface area contributed by atoms with E-state index in [2.05, 4.69) is 0 Å². The van der Waals surface area contributed by atoms with Crippen LogP contribution in [0.2, 0.25) is 0 Å². The third-order valence-corrected chi connectivity index (χ3v) is 3.36. The molecule has 0 aliphatic carbocycles. The minimum atomic E-state index is -0.335. The van der Waals surface area contributed by atoms with E-state index >= 15 is 0 Å². The van der Waals surface area contributed by atoms with Gasteiger partial charge in [0.2, 0.25) is 0 Å². The topological polar surface area (TPSA) is 55.8 Å². The van der Waals surface area contributed by atoms with Crippen LogP contribution in [0.1, 0.15) is 29.2 Å². The average Bonchev–Trinajstić information content (AvgIpc) is 2.53. The molecule has 0 atom stereocenters. The van der Waals surface area contributed by atoms with Crippen LogP contribution < -0.4 is 4.74 Å². The van der Waals surface area contributed by atoms with Crippen LogP contribution in [0.15, 0.2) is 36.4 Å². The Hall–Kier alpha value is -2.49. The number of phenolic OH excluding ortho intramolecular Hbond substituents is 1. The Morgan fingerprint density at radius 2 is 1.54 bits per heavy atom. The molecule has 24 heavy (non-hydrogen) atoms. The maximum atomic E-state index is 11.1. The molecule has 4 nitrogen and oxygen atoms in total. The molecule has 0 aliphatic heterocycles. The molecule has 2 aromatic rings. The van der Waals surface area contributed by atoms with Crippen molar-refractivity contribution < 1.29 is 19.4 Å². The number of aromatic hydroxyl groups is 1. The summed E-state index contributed by atoms with van der Waals surface area (Å²) in [5.74, 6) is 0.788. The smallest absolute Gasteiger partial charge is 0.344 e. The van der Waals surface area contributed by atoms with Crippen molar-refractivity contribution >= 4 is 5.97 Å². The third-order valence-electron chi connectivity index (χ3n) is 3.36. The van der Waals surface area contributed by atoms with E-state index < -0.39 is 0 Å². The van der Waals surface area contributed by atoms with Crippen LogP contribution in [0.5, 0.6) is 11.5 Å². The van der Waals surface area contributed by atoms with Gasteiger partial charge in [0, 0.05) is 0 Å². The number of phenols is 1. The largest absolute Gasteiger partial charge is 0.508 e. The molecule has 2 rings (SSSR count). The molecule has 0 unspecified atom stereocenters. The predicted molar refractivity (Wildman–Crippen MR) is 95.6 cm³/mol. The van der Waals surface area contributed by atoms with Crippen molar-refractivity contribution in [1.29, 1.82) is 0 Å². The standard InChI is InChI=1S/C12H16O3.C8H10O/c1-4-14-12(13)8-15-11-7-9(2)5-6-10(11)3;1-6-3-4-7(2)8(9)5-6/h5-7H,4,8H2,1-3H3;3-5,9H,1-2H3. The summed E-state index contributed by atoms with van der Waals surface area (Å²) >= 11 is 0. The molecule has 4 heteroatoms. The number of hydrogen-bond acceptors (Lipinski definition) is 4. The molecule has 0 heterocycles. The molecule has 0 saturated carbocycles. The van der Waals surface area contributed by atoms with E-state index in [9.17, 15) is 4.79 Å². The van der Waals surface area contributed by atoms with Crippen LogP contribution in [0.3, 0.4) is 0 Å². The highest BCUT2D eigenvalue weighted by atomic mass is 16.6. The SMILES string of the molecule is CCOC(=O)COc1cc(C)ccc1C.Cc1ccc(C)c(O)c1. The quantitative estimate of drug-likeness (QED) is 0.851. The Morgan fingerprint density at radius 3 is 2.08 bits per heavy atom. The van der Waals surface area contributed by atoms with E-state index in [1.807, 2.05) is 58.0 Å². The van der Waals surface area contributed by atoms with E-state index in [-0.39, 0.29) is 12.6 Å². The second-order valence-corrected chi connectivity index (χ2v) is 5.65. The van der Waals surface area contributed by atoms with Gasteiger partial charge in [0.1, 0.15) is 11.5 Å². The number of carbonyl (C=O) groups is 1. The molecule has 0 spiro atoms. The maximum absolute atomic E-state index is 11.1. The molecule has 0 radical (unpaired) electrons. The zero-order valence-electron chi connectivity index (χ0n) is 15.1. The molecule has 0 bridgehead atoms. The Labute approximate surface area is 144 Å². The fraction of sp³-hybridized carbons (Fsp3) is 0.350. The van der Waals surface area contributed by atoms with Crippen LogP contribution in [0.4, 0.5) is 0 Å². The van der Waals surface area contributed by atoms with Crippen molar-refractivity contribution in [3.63, 3.8) is 0 Å². The minimum Gasteiger partial charge on any atom is -0.508 e. The third kappa shape index (κ3) is 6.73. The molecule has 1 N–H and O–H groups in total. The first-order chi connectivity index (χ1) is 11.3. The van der Waals surface area contributed by atoms with Crippen molar-refractivity contribution in [2.45, 2.75) is 34.6 Å². The predicted octanol–water partition coefficient (Wildman–Crippen LogP) is 4.25. The van der Waals surface area contributed by atoms with Crippen LogP contribution in [-0.2, 0) is 9.53 Å². The normalized spacial score (nSPS) is 9.71. The molecule has 0 saturated heterocycles. The number of esters is 1. The van der Waals surface area contributed by atoms with Crippen molar-refractivity contribution in [1.82, 2.24) is 0 Å². The van der Waals surface area contributed by atoms with Gasteiger partial charge in [0.05, 0.1) is 6.61 Å². The van der Waals surface area contributed by atoms with Gasteiger partial charge in [-0.05, 0) is 69.0 Å². The van der Waals surface area contributed by atoms with Crippen LogP contribution in [0.25, 0.3) is 0 Å². The Balaban J connectivity index is 0.000000272. The molecule has 0 amide bonds. The van der Waals surface area contributed by atoms with Gasteiger partial charge in [-0.3, -0.25) is 0 Å². The lowest BCUT2D eigenvalue weighted by atomic mass is 10.1. The fourth-order valence-electron chi connectivity index (χ4n) is 1.92. The summed E-state index contributed by atoms with van der Waals surface area (Å²) in [5, 5.41) is 9.10. The summed E-state index contributed by atoms with van der Waals surface area (Å²) in [7, 11) is 0. The van der Waals surface area contributed by atoms with Gasteiger partial charge in [0.25, 0.3) is 0 Å². The highest BCUT2D eigenvalue weighted by Gasteiger charge is 2.05. The zero-order valence-corrected chi connectivity index (χ0v) is 15.1. The number of rotatable bonds is 4. The molecule has 0 aliphatic rings. The van der Waals surface area contributed by atoms with E-state index in [1.54, 1.807) is 13.0 Å². The summed E-state index contributed by atoms with van der Waals surface area (Å²) in [6.45, 7) is 9.90. The average molecular weight is 330 g/mol.